The lowest BCUT2D eigenvalue weighted by Crippen LogP contribution is -2.28. The molecule has 5 heteroatoms. The molecule has 2 aliphatic rings. The Morgan fingerprint density at radius 2 is 1.93 bits per heavy atom. The van der Waals surface area contributed by atoms with Crippen molar-refractivity contribution in [2.24, 2.45) is 0 Å². The summed E-state index contributed by atoms with van der Waals surface area (Å²) in [5, 5.41) is 10.4. The van der Waals surface area contributed by atoms with Crippen LogP contribution in [0.1, 0.15) is 36.5 Å². The molecule has 0 fully saturated rings. The van der Waals surface area contributed by atoms with Crippen molar-refractivity contribution in [1.82, 2.24) is 0 Å². The van der Waals surface area contributed by atoms with Crippen LogP contribution in [0.4, 0.5) is 0 Å². The highest BCUT2D eigenvalue weighted by Gasteiger charge is 2.31. The molecule has 0 radical (unpaired) electrons. The fraction of sp³-hybridized carbons (Fsp3) is 0.364. The molecule has 2 aliphatic heterocycles. The van der Waals surface area contributed by atoms with E-state index in [2.05, 4.69) is 18.2 Å². The van der Waals surface area contributed by atoms with Crippen LogP contribution in [0.3, 0.4) is 0 Å². The SMILES string of the molecule is COc1ccc([C@@H]2COc3c(ccc4c3C=CC(C)(C)O4)C2)c(OC)c1O. The number of hydrogen-bond donors (Lipinski definition) is 1. The summed E-state index contributed by atoms with van der Waals surface area (Å²) < 4.78 is 22.8. The predicted octanol–water partition coefficient (Wildman–Crippen LogP) is 4.31. The summed E-state index contributed by atoms with van der Waals surface area (Å²) in [5.74, 6) is 2.66. The second kappa shape index (κ2) is 6.41. The summed E-state index contributed by atoms with van der Waals surface area (Å²) in [6.45, 7) is 4.57. The first-order valence-corrected chi connectivity index (χ1v) is 9.04. The Labute approximate surface area is 159 Å². The zero-order valence-electron chi connectivity index (χ0n) is 16.0. The summed E-state index contributed by atoms with van der Waals surface area (Å²) >= 11 is 0. The van der Waals surface area contributed by atoms with Gasteiger partial charge in [-0.2, -0.15) is 0 Å². The molecule has 2 aromatic carbocycles. The van der Waals surface area contributed by atoms with E-state index >= 15 is 0 Å². The van der Waals surface area contributed by atoms with E-state index in [0.717, 1.165) is 34.6 Å². The van der Waals surface area contributed by atoms with E-state index in [-0.39, 0.29) is 17.3 Å². The Hall–Kier alpha value is -2.82. The molecule has 1 atom stereocenters. The van der Waals surface area contributed by atoms with E-state index in [1.54, 1.807) is 13.2 Å². The molecule has 4 rings (SSSR count). The number of fused-ring (bicyclic) bond motifs is 3. The van der Waals surface area contributed by atoms with Gasteiger partial charge in [0, 0.05) is 11.5 Å². The van der Waals surface area contributed by atoms with E-state index in [1.807, 2.05) is 26.0 Å². The minimum Gasteiger partial charge on any atom is -0.502 e. The maximum atomic E-state index is 10.4. The van der Waals surface area contributed by atoms with Gasteiger partial charge in [-0.1, -0.05) is 12.1 Å². The highest BCUT2D eigenvalue weighted by Crippen LogP contribution is 2.47. The lowest BCUT2D eigenvalue weighted by Gasteiger charge is -2.32. The van der Waals surface area contributed by atoms with Gasteiger partial charge in [0.2, 0.25) is 5.75 Å². The van der Waals surface area contributed by atoms with Crippen LogP contribution in [0.2, 0.25) is 0 Å². The number of benzene rings is 2. The van der Waals surface area contributed by atoms with Gasteiger partial charge in [0.05, 0.1) is 26.4 Å². The number of phenols is 1. The predicted molar refractivity (Wildman–Crippen MR) is 103 cm³/mol. The van der Waals surface area contributed by atoms with Crippen molar-refractivity contribution in [1.29, 1.82) is 0 Å². The molecule has 0 unspecified atom stereocenters. The summed E-state index contributed by atoms with van der Waals surface area (Å²) in [4.78, 5) is 0. The molecule has 27 heavy (non-hydrogen) atoms. The molecule has 2 heterocycles. The molecule has 1 N–H and O–H groups in total. The third kappa shape index (κ3) is 2.97. The second-order valence-electron chi connectivity index (χ2n) is 7.46. The molecule has 5 nitrogen and oxygen atoms in total. The summed E-state index contributed by atoms with van der Waals surface area (Å²) in [7, 11) is 3.07. The van der Waals surface area contributed by atoms with Gasteiger partial charge in [0.25, 0.3) is 0 Å². The molecular formula is C22H24O5. The Morgan fingerprint density at radius 1 is 1.11 bits per heavy atom. The van der Waals surface area contributed by atoms with E-state index in [9.17, 15) is 5.11 Å². The van der Waals surface area contributed by atoms with Crippen LogP contribution >= 0.6 is 0 Å². The number of methoxy groups -OCH3 is 2. The smallest absolute Gasteiger partial charge is 0.201 e. The first-order valence-electron chi connectivity index (χ1n) is 9.04. The van der Waals surface area contributed by atoms with Crippen molar-refractivity contribution < 1.29 is 24.1 Å². The Kier molecular flexibility index (Phi) is 4.17. The molecule has 2 aromatic rings. The van der Waals surface area contributed by atoms with Gasteiger partial charge in [0.15, 0.2) is 11.5 Å². The largest absolute Gasteiger partial charge is 0.502 e. The minimum absolute atomic E-state index is 0.0207. The van der Waals surface area contributed by atoms with Gasteiger partial charge in [-0.25, -0.2) is 0 Å². The normalized spacial score (nSPS) is 19.3. The van der Waals surface area contributed by atoms with Crippen molar-refractivity contribution in [3.8, 4) is 28.7 Å². The number of aromatic hydroxyl groups is 1. The monoisotopic (exact) mass is 368 g/mol. The molecule has 0 aromatic heterocycles. The fourth-order valence-electron chi connectivity index (χ4n) is 3.78. The molecule has 142 valence electrons. The van der Waals surface area contributed by atoms with E-state index < -0.39 is 0 Å². The average Bonchev–Trinajstić information content (AvgIpc) is 2.66. The van der Waals surface area contributed by atoms with Crippen molar-refractivity contribution in [3.05, 3.63) is 47.0 Å². The lowest BCUT2D eigenvalue weighted by molar-refractivity contribution is 0.157. The van der Waals surface area contributed by atoms with Gasteiger partial charge in [-0.15, -0.1) is 0 Å². The van der Waals surface area contributed by atoms with Crippen LogP contribution in [0.25, 0.3) is 6.08 Å². The van der Waals surface area contributed by atoms with Gasteiger partial charge in [0.1, 0.15) is 17.1 Å². The van der Waals surface area contributed by atoms with Crippen LogP contribution in [0.15, 0.2) is 30.3 Å². The first kappa shape index (κ1) is 17.6. The van der Waals surface area contributed by atoms with Crippen molar-refractivity contribution >= 4 is 6.08 Å². The van der Waals surface area contributed by atoms with Crippen LogP contribution in [-0.2, 0) is 6.42 Å². The van der Waals surface area contributed by atoms with Crippen molar-refractivity contribution in [2.45, 2.75) is 31.8 Å². The molecule has 0 saturated heterocycles. The third-order valence-electron chi connectivity index (χ3n) is 5.15. The third-order valence-corrected chi connectivity index (χ3v) is 5.15. The molecule has 0 saturated carbocycles. The van der Waals surface area contributed by atoms with Crippen molar-refractivity contribution in [2.75, 3.05) is 20.8 Å². The van der Waals surface area contributed by atoms with Crippen LogP contribution < -0.4 is 18.9 Å². The van der Waals surface area contributed by atoms with Crippen LogP contribution in [0, 0.1) is 0 Å². The fourth-order valence-corrected chi connectivity index (χ4v) is 3.78. The molecule has 0 amide bonds. The number of ether oxygens (including phenoxy) is 4. The van der Waals surface area contributed by atoms with E-state index in [1.165, 1.54) is 7.11 Å². The molecule has 0 aliphatic carbocycles. The summed E-state index contributed by atoms with van der Waals surface area (Å²) in [5.41, 5.74) is 2.71. The summed E-state index contributed by atoms with van der Waals surface area (Å²) in [6, 6.07) is 7.76. The Bertz CT molecular complexity index is 913. The maximum Gasteiger partial charge on any atom is 0.201 e. The number of phenolic OH excluding ortho intramolecular Hbond substituents is 1. The van der Waals surface area contributed by atoms with Crippen LogP contribution in [0.5, 0.6) is 28.7 Å². The van der Waals surface area contributed by atoms with Gasteiger partial charge in [-0.3, -0.25) is 0 Å². The molecule has 0 spiro atoms. The number of hydrogen-bond acceptors (Lipinski definition) is 5. The molecular weight excluding hydrogens is 344 g/mol. The quantitative estimate of drug-likeness (QED) is 0.875. The van der Waals surface area contributed by atoms with Gasteiger partial charge in [-0.05, 0) is 50.1 Å². The zero-order chi connectivity index (χ0) is 19.2. The second-order valence-corrected chi connectivity index (χ2v) is 7.46. The van der Waals surface area contributed by atoms with Gasteiger partial charge >= 0.3 is 0 Å². The van der Waals surface area contributed by atoms with E-state index in [0.29, 0.717) is 18.1 Å². The first-order chi connectivity index (χ1) is 12.9. The average molecular weight is 368 g/mol. The Balaban J connectivity index is 1.68. The highest BCUT2D eigenvalue weighted by atomic mass is 16.5. The number of rotatable bonds is 3. The molecule has 0 bridgehead atoms. The van der Waals surface area contributed by atoms with E-state index in [4.69, 9.17) is 18.9 Å². The highest BCUT2D eigenvalue weighted by molar-refractivity contribution is 5.70. The topological polar surface area (TPSA) is 57.2 Å². The maximum absolute atomic E-state index is 10.4. The van der Waals surface area contributed by atoms with Crippen LogP contribution in [-0.4, -0.2) is 31.5 Å². The lowest BCUT2D eigenvalue weighted by atomic mass is 9.87. The minimum atomic E-state index is -0.313. The van der Waals surface area contributed by atoms with Gasteiger partial charge < -0.3 is 24.1 Å². The summed E-state index contributed by atoms with van der Waals surface area (Å²) in [6.07, 6.45) is 4.93. The standard InChI is InChI=1S/C22H24O5/c1-22(2)10-9-16-17(27-22)7-5-13-11-14(12-26-20(13)16)15-6-8-18(24-3)19(23)21(15)25-4/h5-10,14,23H,11-12H2,1-4H3/t14-/m0/s1. The zero-order valence-corrected chi connectivity index (χ0v) is 16.0. The Morgan fingerprint density at radius 3 is 2.67 bits per heavy atom. The van der Waals surface area contributed by atoms with Crippen molar-refractivity contribution in [3.63, 3.8) is 0 Å².